The molecule has 4 saturated heterocycles. The van der Waals surface area contributed by atoms with Crippen molar-refractivity contribution in [2.75, 3.05) is 39.4 Å². The average Bonchev–Trinajstić information content (AvgIpc) is 1.58. The summed E-state index contributed by atoms with van der Waals surface area (Å²) in [5.41, 5.74) is 11.9. The molecule has 0 amide bonds. The molecule has 776 valence electrons. The van der Waals surface area contributed by atoms with Crippen LogP contribution in [0.3, 0.4) is 0 Å². The molecule has 7 heterocycles. The first-order valence-electron chi connectivity index (χ1n) is 51.6. The second kappa shape index (κ2) is 53.6. The molecule has 5 aliphatic rings. The molecule has 28 nitrogen and oxygen atoms in total. The van der Waals surface area contributed by atoms with Crippen LogP contribution >= 0.6 is 0 Å². The topological polar surface area (TPSA) is 270 Å². The number of benzene rings is 13. The molecule has 0 radical (unpaired) electrons. The Labute approximate surface area is 875 Å². The Balaban J connectivity index is 0.711. The number of para-hydroxylation sites is 2. The Morgan fingerprint density at radius 1 is 0.247 bits per heavy atom. The van der Waals surface area contributed by atoms with Crippen LogP contribution < -0.4 is 20.1 Å². The number of fused-ring (bicyclic) bond motifs is 13. The molecule has 18 atom stereocenters. The van der Waals surface area contributed by atoms with Crippen LogP contribution in [0.25, 0.3) is 0 Å². The maximum Gasteiger partial charge on any atom is 0.224 e. The summed E-state index contributed by atoms with van der Waals surface area (Å²) in [7, 11) is 0. The lowest BCUT2D eigenvalue weighted by Gasteiger charge is -2.48. The fraction of sp³-hybridized carbons (Fsp3) is 0.328. The lowest BCUT2D eigenvalue weighted by molar-refractivity contribution is -0.396. The minimum absolute atomic E-state index is 0.0934. The van der Waals surface area contributed by atoms with Gasteiger partial charge in [-0.15, -0.1) is 10.2 Å². The van der Waals surface area contributed by atoms with Crippen molar-refractivity contribution in [3.05, 3.63) is 479 Å². The summed E-state index contributed by atoms with van der Waals surface area (Å²) in [4.78, 5) is 0. The summed E-state index contributed by atoms with van der Waals surface area (Å²) in [5, 5.41) is 26.9. The molecule has 150 heavy (non-hydrogen) atoms. The summed E-state index contributed by atoms with van der Waals surface area (Å²) in [6, 6.07) is 128. The number of ether oxygens (including phenoxy) is 20. The van der Waals surface area contributed by atoms with Crippen LogP contribution in [0.15, 0.2) is 401 Å². The molecule has 0 spiro atoms. The van der Waals surface area contributed by atoms with E-state index in [1.165, 1.54) is 0 Å². The van der Waals surface area contributed by atoms with E-state index in [-0.39, 0.29) is 132 Å². The number of rotatable bonds is 38. The quantitative estimate of drug-likeness (QED) is 0.0364. The van der Waals surface area contributed by atoms with Crippen molar-refractivity contribution < 1.29 is 94.7 Å². The zero-order valence-corrected chi connectivity index (χ0v) is 83.7. The summed E-state index contributed by atoms with van der Waals surface area (Å²) >= 11 is 0. The Morgan fingerprint density at radius 2 is 0.480 bits per heavy atom. The van der Waals surface area contributed by atoms with E-state index in [4.69, 9.17) is 115 Å². The first-order valence-corrected chi connectivity index (χ1v) is 51.6. The SMILES string of the molecule is c1ccc(COCC23OC(CNCCNCC4OC(COCc5ccccc5)(OC5OC(Cc6cn(nn6)COc6ccccc6OCn6cc(nn6)CC6OC(O2)C(OCc2ccccc2)C(OCc2ccccc2)C6OCc2ccccc2)C(OCc2ccccc2)C(OCc2ccccc2)C5OCc2ccccc2)C(OCc2ccccc2)C4OCc2ccccc2)C(OCc2ccccc2)C3OCc2ccccc2)cc1. The highest BCUT2D eigenvalue weighted by Crippen LogP contribution is 2.46. The van der Waals surface area contributed by atoms with Gasteiger partial charge in [-0.05, 0) is 78.9 Å². The molecule has 20 rings (SSSR count). The molecule has 13 aromatic carbocycles. The molecule has 5 aliphatic heterocycles. The molecule has 15 aromatic rings. The van der Waals surface area contributed by atoms with Crippen LogP contribution in [-0.2, 0) is 191 Å². The monoisotopic (exact) mass is 2020 g/mol. The predicted molar refractivity (Wildman–Crippen MR) is 558 cm³/mol. The third kappa shape index (κ3) is 28.6. The van der Waals surface area contributed by atoms with Crippen molar-refractivity contribution in [2.24, 2.45) is 0 Å². The number of nitrogens with one attached hydrogen (secondary N) is 2. The fourth-order valence-corrected chi connectivity index (χ4v) is 19.6. The van der Waals surface area contributed by atoms with Crippen molar-refractivity contribution in [1.29, 1.82) is 0 Å². The van der Waals surface area contributed by atoms with Crippen LogP contribution in [0.5, 0.6) is 11.5 Å². The molecule has 2 N–H and O–H groups in total. The lowest BCUT2D eigenvalue weighted by atomic mass is 9.94. The first kappa shape index (κ1) is 104. The van der Waals surface area contributed by atoms with Gasteiger partial charge in [-0.2, -0.15) is 0 Å². The molecule has 12 bridgehead atoms. The molecule has 2 aromatic heterocycles. The molecule has 28 heteroatoms. The van der Waals surface area contributed by atoms with Gasteiger partial charge in [0.2, 0.25) is 11.6 Å². The van der Waals surface area contributed by atoms with Gasteiger partial charge in [0.15, 0.2) is 37.5 Å². The fourth-order valence-electron chi connectivity index (χ4n) is 19.6. The largest absolute Gasteiger partial charge is 0.467 e. The highest BCUT2D eigenvalue weighted by atomic mass is 16.8. The smallest absolute Gasteiger partial charge is 0.224 e. The lowest BCUT2D eigenvalue weighted by Crippen LogP contribution is -2.64. The van der Waals surface area contributed by atoms with Gasteiger partial charge >= 0.3 is 0 Å². The second-order valence-electron chi connectivity index (χ2n) is 38.0. The van der Waals surface area contributed by atoms with Crippen LogP contribution in [0.4, 0.5) is 0 Å². The molecular formula is C122H128N8O20. The van der Waals surface area contributed by atoms with Gasteiger partial charge in [0, 0.05) is 39.0 Å². The summed E-state index contributed by atoms with van der Waals surface area (Å²) in [6.07, 6.45) is -12.2. The van der Waals surface area contributed by atoms with Gasteiger partial charge in [0.1, 0.15) is 86.5 Å². The van der Waals surface area contributed by atoms with Crippen LogP contribution in [0.1, 0.15) is 78.1 Å². The minimum Gasteiger partial charge on any atom is -0.467 e. The molecule has 4 fully saturated rings. The first-order chi connectivity index (χ1) is 74.2. The van der Waals surface area contributed by atoms with E-state index in [1.54, 1.807) is 9.36 Å². The van der Waals surface area contributed by atoms with Gasteiger partial charge in [0.25, 0.3) is 0 Å². The third-order valence-electron chi connectivity index (χ3n) is 27.1. The van der Waals surface area contributed by atoms with Gasteiger partial charge in [-0.3, -0.25) is 0 Å². The summed E-state index contributed by atoms with van der Waals surface area (Å²) in [6.45, 7) is 2.11. The van der Waals surface area contributed by atoms with E-state index in [0.29, 0.717) is 36.0 Å². The average molecular weight is 2030 g/mol. The van der Waals surface area contributed by atoms with Gasteiger partial charge < -0.3 is 105 Å². The van der Waals surface area contributed by atoms with E-state index in [9.17, 15) is 0 Å². The number of nitrogens with zero attached hydrogens (tertiary/aromatic N) is 6. The van der Waals surface area contributed by atoms with E-state index in [2.05, 4.69) is 10.6 Å². The van der Waals surface area contributed by atoms with E-state index in [1.807, 2.05) is 401 Å². The van der Waals surface area contributed by atoms with Crippen molar-refractivity contribution >= 4 is 0 Å². The molecular weight excluding hydrogens is 1900 g/mol. The normalized spacial score (nSPS) is 24.8. The zero-order valence-electron chi connectivity index (χ0n) is 83.7. The maximum atomic E-state index is 8.09. The number of hydrogen-bond donors (Lipinski definition) is 2. The predicted octanol–water partition coefficient (Wildman–Crippen LogP) is 18.2. The van der Waals surface area contributed by atoms with Gasteiger partial charge in [-0.1, -0.05) is 387 Å². The summed E-state index contributed by atoms with van der Waals surface area (Å²) < 4.78 is 153. The Bertz CT molecular complexity index is 6050. The van der Waals surface area contributed by atoms with E-state index < -0.39 is 110 Å². The highest BCUT2D eigenvalue weighted by molar-refractivity contribution is 5.39. The minimum atomic E-state index is -1.91. The molecule has 0 aliphatic carbocycles. The molecule has 0 saturated carbocycles. The van der Waals surface area contributed by atoms with Crippen LogP contribution in [0, 0.1) is 0 Å². The van der Waals surface area contributed by atoms with E-state index in [0.717, 1.165) is 66.8 Å². The summed E-state index contributed by atoms with van der Waals surface area (Å²) in [5.74, 6) is -2.99. The third-order valence-corrected chi connectivity index (χ3v) is 27.1. The second-order valence-corrected chi connectivity index (χ2v) is 38.0. The van der Waals surface area contributed by atoms with Crippen molar-refractivity contribution in [2.45, 2.75) is 215 Å². The number of aromatic nitrogens is 6. The zero-order chi connectivity index (χ0) is 101. The number of hydrogen-bond acceptors (Lipinski definition) is 26. The molecule has 18 unspecified atom stereocenters. The van der Waals surface area contributed by atoms with Gasteiger partial charge in [-0.25, -0.2) is 9.36 Å². The Kier molecular flexibility index (Phi) is 37.2. The van der Waals surface area contributed by atoms with Crippen molar-refractivity contribution in [1.82, 2.24) is 40.6 Å². The standard InChI is InChI=1S/C122H128N8O20/c1-13-39-89(40-14-1)73-131-85-121-117(141-83-99-59-33-11-34-60-99)111(135-77-93-47-21-5-22-48-93)107(147-121)69-123-65-66-124-70-108-112(136-78-94-49-23-6-24-50-94)118(142-84-100-61-35-12-36-62-100)122(148-108,86-132-74-90-41-15-2-16-42-90)150-120-116(140-82-98-57-31-10-32-58-98)114(138-80-96-53-27-8-28-54-96)110(134-76-92-45-19-4-20-46-92)106(146-120)68-102-72-130(128-126-102)88-144-104-64-38-37-63-103(104)143-87-129-71-101(125-127-129)67-105-109(133-75-91-43-17-3-18-44-91)113(137-79-95-51-25-7-26-52-95)115(119(145-105)149-121)139-81-97-55-29-9-30-56-97/h1-64,71-72,105-120,123-124H,65-70,73-88H2. The maximum absolute atomic E-state index is 8.09. The van der Waals surface area contributed by atoms with E-state index >= 15 is 0 Å². The highest BCUT2D eigenvalue weighted by Gasteiger charge is 2.64. The van der Waals surface area contributed by atoms with Crippen molar-refractivity contribution in [3.63, 3.8) is 0 Å². The Hall–Kier alpha value is -13.1. The Morgan fingerprint density at radius 3 is 0.753 bits per heavy atom. The van der Waals surface area contributed by atoms with Gasteiger partial charge in [0.05, 0.1) is 115 Å². The van der Waals surface area contributed by atoms with Crippen LogP contribution in [-0.4, -0.2) is 179 Å². The van der Waals surface area contributed by atoms with Crippen LogP contribution in [0.2, 0.25) is 0 Å². The van der Waals surface area contributed by atoms with Crippen molar-refractivity contribution in [3.8, 4) is 11.5 Å².